The van der Waals surface area contributed by atoms with Gasteiger partial charge in [-0.2, -0.15) is 0 Å². The van der Waals surface area contributed by atoms with Crippen LogP contribution < -0.4 is 15.8 Å². The molecule has 5 nitrogen and oxygen atoms in total. The summed E-state index contributed by atoms with van der Waals surface area (Å²) >= 11 is 0. The van der Waals surface area contributed by atoms with Crippen LogP contribution in [0.4, 0.5) is 5.69 Å². The van der Waals surface area contributed by atoms with E-state index in [-0.39, 0.29) is 0 Å². The van der Waals surface area contributed by atoms with Crippen LogP contribution in [-0.4, -0.2) is 17.0 Å². The van der Waals surface area contributed by atoms with E-state index in [4.69, 9.17) is 10.5 Å². The summed E-state index contributed by atoms with van der Waals surface area (Å²) in [7, 11) is 0. The lowest BCUT2D eigenvalue weighted by atomic mass is 9.96. The molecule has 1 fully saturated rings. The SMILES string of the molecule is CC(C)c1cccc(NC(N)=NCc2ccnc(OC3CCC3)c2)c1. The van der Waals surface area contributed by atoms with Crippen molar-refractivity contribution in [1.82, 2.24) is 4.98 Å². The van der Waals surface area contributed by atoms with Gasteiger partial charge >= 0.3 is 0 Å². The fourth-order valence-electron chi connectivity index (χ4n) is 2.61. The highest BCUT2D eigenvalue weighted by Crippen LogP contribution is 2.24. The van der Waals surface area contributed by atoms with Crippen LogP contribution in [0.25, 0.3) is 0 Å². The molecular weight excluding hydrogens is 312 g/mol. The molecule has 0 spiro atoms. The zero-order valence-electron chi connectivity index (χ0n) is 14.9. The molecule has 1 aliphatic carbocycles. The summed E-state index contributed by atoms with van der Waals surface area (Å²) in [6, 6.07) is 12.1. The second kappa shape index (κ2) is 8.01. The van der Waals surface area contributed by atoms with E-state index in [0.717, 1.165) is 24.1 Å². The molecule has 132 valence electrons. The molecule has 3 N–H and O–H groups in total. The van der Waals surface area contributed by atoms with Crippen LogP contribution in [0.5, 0.6) is 5.88 Å². The van der Waals surface area contributed by atoms with Crippen LogP contribution in [0.1, 0.15) is 50.2 Å². The third-order valence-corrected chi connectivity index (χ3v) is 4.40. The van der Waals surface area contributed by atoms with E-state index in [0.29, 0.717) is 30.4 Å². The summed E-state index contributed by atoms with van der Waals surface area (Å²) in [5, 5.41) is 3.15. The van der Waals surface area contributed by atoms with E-state index in [1.807, 2.05) is 24.3 Å². The van der Waals surface area contributed by atoms with E-state index in [1.165, 1.54) is 12.0 Å². The molecule has 1 saturated carbocycles. The highest BCUT2D eigenvalue weighted by Gasteiger charge is 2.19. The molecule has 1 aliphatic rings. The lowest BCUT2D eigenvalue weighted by Gasteiger charge is -2.25. The maximum absolute atomic E-state index is 6.02. The largest absolute Gasteiger partial charge is 0.474 e. The van der Waals surface area contributed by atoms with Gasteiger partial charge in [-0.05, 0) is 54.5 Å². The molecule has 0 atom stereocenters. The average Bonchev–Trinajstić information content (AvgIpc) is 2.57. The minimum atomic E-state index is 0.325. The molecule has 0 aliphatic heterocycles. The summed E-state index contributed by atoms with van der Waals surface area (Å²) < 4.78 is 5.82. The Labute approximate surface area is 149 Å². The highest BCUT2D eigenvalue weighted by atomic mass is 16.5. The van der Waals surface area contributed by atoms with Crippen molar-refractivity contribution in [3.05, 3.63) is 53.7 Å². The Morgan fingerprint density at radius 3 is 2.88 bits per heavy atom. The third kappa shape index (κ3) is 4.95. The highest BCUT2D eigenvalue weighted by molar-refractivity contribution is 5.92. The normalized spacial score (nSPS) is 15.1. The first kappa shape index (κ1) is 17.3. The van der Waals surface area contributed by atoms with E-state index < -0.39 is 0 Å². The van der Waals surface area contributed by atoms with Crippen molar-refractivity contribution in [2.75, 3.05) is 5.32 Å². The predicted octanol–water partition coefficient (Wildman–Crippen LogP) is 4.06. The van der Waals surface area contributed by atoms with Crippen molar-refractivity contribution in [2.24, 2.45) is 10.7 Å². The molecule has 0 saturated heterocycles. The number of aromatic nitrogens is 1. The lowest BCUT2D eigenvalue weighted by molar-refractivity contribution is 0.114. The quantitative estimate of drug-likeness (QED) is 0.615. The number of anilines is 1. The fourth-order valence-corrected chi connectivity index (χ4v) is 2.61. The van der Waals surface area contributed by atoms with Gasteiger partial charge in [-0.1, -0.05) is 26.0 Å². The summed E-state index contributed by atoms with van der Waals surface area (Å²) in [4.78, 5) is 8.68. The van der Waals surface area contributed by atoms with Crippen LogP contribution >= 0.6 is 0 Å². The van der Waals surface area contributed by atoms with E-state index in [9.17, 15) is 0 Å². The predicted molar refractivity (Wildman–Crippen MR) is 102 cm³/mol. The monoisotopic (exact) mass is 338 g/mol. The number of pyridine rings is 1. The van der Waals surface area contributed by atoms with Gasteiger partial charge in [-0.25, -0.2) is 9.98 Å². The van der Waals surface area contributed by atoms with Gasteiger partial charge in [0, 0.05) is 18.0 Å². The van der Waals surface area contributed by atoms with Crippen LogP contribution in [0.3, 0.4) is 0 Å². The standard InChI is InChI=1S/C20H26N4O/c1-14(2)16-5-3-6-17(12-16)24-20(21)23-13-15-9-10-22-19(11-15)25-18-7-4-8-18/h3,5-6,9-12,14,18H,4,7-8,13H2,1-2H3,(H3,21,23,24). The molecule has 2 aromatic rings. The molecule has 0 radical (unpaired) electrons. The Kier molecular flexibility index (Phi) is 5.53. The number of aliphatic imine (C=N–C) groups is 1. The van der Waals surface area contributed by atoms with Crippen molar-refractivity contribution in [1.29, 1.82) is 0 Å². The van der Waals surface area contributed by atoms with E-state index in [1.54, 1.807) is 6.20 Å². The van der Waals surface area contributed by atoms with Crippen molar-refractivity contribution in [3.8, 4) is 5.88 Å². The molecule has 1 aromatic heterocycles. The van der Waals surface area contributed by atoms with Crippen LogP contribution in [0.15, 0.2) is 47.6 Å². The van der Waals surface area contributed by atoms with Gasteiger partial charge < -0.3 is 15.8 Å². The minimum absolute atomic E-state index is 0.325. The van der Waals surface area contributed by atoms with Gasteiger partial charge in [-0.3, -0.25) is 0 Å². The molecule has 3 rings (SSSR count). The molecule has 0 bridgehead atoms. The van der Waals surface area contributed by atoms with Crippen molar-refractivity contribution < 1.29 is 4.74 Å². The zero-order valence-corrected chi connectivity index (χ0v) is 14.9. The number of ether oxygens (including phenoxy) is 1. The van der Waals surface area contributed by atoms with Gasteiger partial charge in [0.15, 0.2) is 5.96 Å². The maximum atomic E-state index is 6.02. The number of rotatable bonds is 6. The average molecular weight is 338 g/mol. The molecule has 0 unspecified atom stereocenters. The molecule has 1 heterocycles. The first-order valence-electron chi connectivity index (χ1n) is 8.88. The number of hydrogen-bond acceptors (Lipinski definition) is 3. The number of nitrogens with two attached hydrogens (primary N) is 1. The van der Waals surface area contributed by atoms with Gasteiger partial charge in [0.25, 0.3) is 0 Å². The van der Waals surface area contributed by atoms with Crippen molar-refractivity contribution >= 4 is 11.6 Å². The summed E-state index contributed by atoms with van der Waals surface area (Å²) in [5.74, 6) is 1.55. The number of hydrogen-bond donors (Lipinski definition) is 2. The minimum Gasteiger partial charge on any atom is -0.474 e. The Bertz CT molecular complexity index is 738. The van der Waals surface area contributed by atoms with Crippen molar-refractivity contribution in [2.45, 2.75) is 51.7 Å². The molecule has 1 aromatic carbocycles. The van der Waals surface area contributed by atoms with Crippen LogP contribution in [0, 0.1) is 0 Å². The Morgan fingerprint density at radius 1 is 1.32 bits per heavy atom. The first-order valence-corrected chi connectivity index (χ1v) is 8.88. The van der Waals surface area contributed by atoms with E-state index in [2.05, 4.69) is 41.3 Å². The summed E-state index contributed by atoms with van der Waals surface area (Å²) in [6.45, 7) is 4.83. The summed E-state index contributed by atoms with van der Waals surface area (Å²) in [5.41, 5.74) is 9.28. The van der Waals surface area contributed by atoms with E-state index >= 15 is 0 Å². The molecule has 0 amide bonds. The Hall–Kier alpha value is -2.56. The first-order chi connectivity index (χ1) is 12.1. The maximum Gasteiger partial charge on any atom is 0.213 e. The molecule has 25 heavy (non-hydrogen) atoms. The van der Waals surface area contributed by atoms with Gasteiger partial charge in [-0.15, -0.1) is 0 Å². The van der Waals surface area contributed by atoms with Crippen LogP contribution in [0.2, 0.25) is 0 Å². The Balaban J connectivity index is 1.59. The van der Waals surface area contributed by atoms with Crippen molar-refractivity contribution in [3.63, 3.8) is 0 Å². The second-order valence-corrected chi connectivity index (χ2v) is 6.78. The lowest BCUT2D eigenvalue weighted by Crippen LogP contribution is -2.25. The van der Waals surface area contributed by atoms with Gasteiger partial charge in [0.1, 0.15) is 6.10 Å². The van der Waals surface area contributed by atoms with Gasteiger partial charge in [0.05, 0.1) is 6.54 Å². The fraction of sp³-hybridized carbons (Fsp3) is 0.400. The second-order valence-electron chi connectivity index (χ2n) is 6.78. The number of nitrogens with one attached hydrogen (secondary N) is 1. The zero-order chi connectivity index (χ0) is 17.6. The Morgan fingerprint density at radius 2 is 2.16 bits per heavy atom. The number of benzene rings is 1. The summed E-state index contributed by atoms with van der Waals surface area (Å²) in [6.07, 6.45) is 5.57. The third-order valence-electron chi connectivity index (χ3n) is 4.40. The topological polar surface area (TPSA) is 72.5 Å². The number of guanidine groups is 1. The van der Waals surface area contributed by atoms with Crippen LogP contribution in [-0.2, 0) is 6.54 Å². The molecular formula is C20H26N4O. The van der Waals surface area contributed by atoms with Gasteiger partial charge in [0.2, 0.25) is 5.88 Å². The smallest absolute Gasteiger partial charge is 0.213 e. The number of nitrogens with zero attached hydrogens (tertiary/aromatic N) is 2. The molecule has 5 heteroatoms.